The first kappa shape index (κ1) is 18.5. The van der Waals surface area contributed by atoms with Gasteiger partial charge >= 0.3 is 0 Å². The molecule has 1 nitrogen and oxygen atoms in total. The van der Waals surface area contributed by atoms with E-state index >= 15 is 0 Å². The van der Waals surface area contributed by atoms with Crippen molar-refractivity contribution in [2.75, 3.05) is 0 Å². The molecule has 0 N–H and O–H groups in total. The summed E-state index contributed by atoms with van der Waals surface area (Å²) in [4.78, 5) is 0. The minimum atomic E-state index is 0.950. The van der Waals surface area contributed by atoms with Crippen LogP contribution in [0, 0.1) is 0 Å². The molecule has 0 spiro atoms. The highest BCUT2D eigenvalue weighted by molar-refractivity contribution is 5.41. The Morgan fingerprint density at radius 2 is 1.50 bits per heavy atom. The third-order valence-corrected chi connectivity index (χ3v) is 3.65. The highest BCUT2D eigenvalue weighted by Crippen LogP contribution is 2.08. The Morgan fingerprint density at radius 3 is 2.14 bits per heavy atom. The van der Waals surface area contributed by atoms with Gasteiger partial charge < -0.3 is 4.42 Å². The molecule has 22 heavy (non-hydrogen) atoms. The maximum Gasteiger partial charge on any atom is 0.126 e. The lowest BCUT2D eigenvalue weighted by Gasteiger charge is -1.95. The minimum absolute atomic E-state index is 0.950. The van der Waals surface area contributed by atoms with Gasteiger partial charge in [-0.2, -0.15) is 0 Å². The summed E-state index contributed by atoms with van der Waals surface area (Å²) >= 11 is 0. The van der Waals surface area contributed by atoms with Crippen LogP contribution in [0.3, 0.4) is 0 Å². The van der Waals surface area contributed by atoms with Crippen LogP contribution in [0.2, 0.25) is 0 Å². The van der Waals surface area contributed by atoms with Gasteiger partial charge in [-0.3, -0.25) is 0 Å². The maximum atomic E-state index is 5.25. The van der Waals surface area contributed by atoms with Crippen LogP contribution in [0.25, 0.3) is 6.08 Å². The first-order valence-electron chi connectivity index (χ1n) is 8.93. The molecule has 0 amide bonds. The molecule has 0 fully saturated rings. The Balaban J connectivity index is 1.85. The van der Waals surface area contributed by atoms with E-state index in [0.717, 1.165) is 18.6 Å². The fourth-order valence-electron chi connectivity index (χ4n) is 2.31. The Labute approximate surface area is 136 Å². The first-order valence-corrected chi connectivity index (χ1v) is 8.93. The molecule has 0 unspecified atom stereocenters. The highest BCUT2D eigenvalue weighted by atomic mass is 16.3. The van der Waals surface area contributed by atoms with E-state index in [-0.39, 0.29) is 0 Å². The molecule has 0 aliphatic rings. The lowest BCUT2D eigenvalue weighted by molar-refractivity contribution is 0.556. The third kappa shape index (κ3) is 11.2. The van der Waals surface area contributed by atoms with Crippen LogP contribution in [0.5, 0.6) is 0 Å². The molecule has 0 radical (unpaired) electrons. The summed E-state index contributed by atoms with van der Waals surface area (Å²) in [5.74, 6) is 0.950. The minimum Gasteiger partial charge on any atom is -0.465 e. The van der Waals surface area contributed by atoms with Crippen LogP contribution < -0.4 is 0 Å². The third-order valence-electron chi connectivity index (χ3n) is 3.65. The van der Waals surface area contributed by atoms with E-state index < -0.39 is 0 Å². The van der Waals surface area contributed by atoms with E-state index in [2.05, 4.69) is 43.4 Å². The van der Waals surface area contributed by atoms with Crippen molar-refractivity contribution >= 4 is 6.08 Å². The first-order chi connectivity index (χ1) is 10.9. The van der Waals surface area contributed by atoms with Gasteiger partial charge in [0.1, 0.15) is 5.76 Å². The number of furan rings is 1. The van der Waals surface area contributed by atoms with E-state index in [4.69, 9.17) is 4.42 Å². The van der Waals surface area contributed by atoms with Crippen LogP contribution in [-0.4, -0.2) is 0 Å². The van der Waals surface area contributed by atoms with Crippen molar-refractivity contribution in [2.24, 2.45) is 0 Å². The number of rotatable bonds is 13. The quantitative estimate of drug-likeness (QED) is 0.274. The zero-order valence-electron chi connectivity index (χ0n) is 14.2. The van der Waals surface area contributed by atoms with E-state index in [1.54, 1.807) is 6.26 Å². The molecule has 1 heteroatoms. The smallest absolute Gasteiger partial charge is 0.126 e. The van der Waals surface area contributed by atoms with Gasteiger partial charge in [-0.05, 0) is 63.2 Å². The number of allylic oxidation sites excluding steroid dienone is 5. The lowest BCUT2D eigenvalue weighted by atomic mass is 10.1. The lowest BCUT2D eigenvalue weighted by Crippen LogP contribution is -1.75. The van der Waals surface area contributed by atoms with Crippen LogP contribution in [0.4, 0.5) is 0 Å². The molecule has 1 rings (SSSR count). The Hall–Kier alpha value is -1.50. The molecule has 0 atom stereocenters. The average Bonchev–Trinajstić information content (AvgIpc) is 3.04. The van der Waals surface area contributed by atoms with Crippen molar-refractivity contribution < 1.29 is 4.42 Å². The van der Waals surface area contributed by atoms with Crippen molar-refractivity contribution in [2.45, 2.75) is 71.1 Å². The molecule has 1 aromatic rings. The zero-order chi connectivity index (χ0) is 15.7. The molecule has 0 aromatic carbocycles. The number of hydrogen-bond donors (Lipinski definition) is 0. The summed E-state index contributed by atoms with van der Waals surface area (Å²) in [5, 5.41) is 0. The standard InChI is InChI=1S/C21H32O/c1-2-3-4-5-6-7-8-9-10-11-12-13-14-15-16-18-21-19-17-20-22-21/h6-7,9-10,16-20H,2-5,8,11-15H2,1H3/b7-6-,10-9-,18-16+. The predicted octanol–water partition coefficient (Wildman–Crippen LogP) is 7.33. The van der Waals surface area contributed by atoms with Crippen molar-refractivity contribution in [1.29, 1.82) is 0 Å². The predicted molar refractivity (Wildman–Crippen MR) is 97.9 cm³/mol. The van der Waals surface area contributed by atoms with Crippen molar-refractivity contribution in [1.82, 2.24) is 0 Å². The van der Waals surface area contributed by atoms with E-state index in [0.29, 0.717) is 0 Å². The number of unbranched alkanes of at least 4 members (excludes halogenated alkanes) is 7. The summed E-state index contributed by atoms with van der Waals surface area (Å²) in [6.07, 6.45) is 27.8. The molecule has 0 bridgehead atoms. The zero-order valence-corrected chi connectivity index (χ0v) is 14.2. The summed E-state index contributed by atoms with van der Waals surface area (Å²) in [6, 6.07) is 3.91. The van der Waals surface area contributed by atoms with E-state index in [1.807, 2.05) is 12.1 Å². The highest BCUT2D eigenvalue weighted by Gasteiger charge is 1.88. The van der Waals surface area contributed by atoms with Gasteiger partial charge in [0.15, 0.2) is 0 Å². The number of hydrogen-bond acceptors (Lipinski definition) is 1. The maximum absolute atomic E-state index is 5.25. The Kier molecular flexibility index (Phi) is 12.2. The van der Waals surface area contributed by atoms with Crippen molar-refractivity contribution in [3.8, 4) is 0 Å². The summed E-state index contributed by atoms with van der Waals surface area (Å²) in [6.45, 7) is 2.25. The second-order valence-corrected chi connectivity index (χ2v) is 5.73. The molecular weight excluding hydrogens is 268 g/mol. The van der Waals surface area contributed by atoms with E-state index in [1.165, 1.54) is 51.4 Å². The van der Waals surface area contributed by atoms with Gasteiger partial charge in [0.25, 0.3) is 0 Å². The topological polar surface area (TPSA) is 13.1 Å². The molecule has 0 aliphatic heterocycles. The van der Waals surface area contributed by atoms with Crippen molar-refractivity contribution in [3.63, 3.8) is 0 Å². The molecule has 122 valence electrons. The second kappa shape index (κ2) is 14.4. The molecule has 0 aliphatic carbocycles. The van der Waals surface area contributed by atoms with E-state index in [9.17, 15) is 0 Å². The van der Waals surface area contributed by atoms with Crippen LogP contribution in [-0.2, 0) is 0 Å². The molecule has 0 saturated heterocycles. The average molecular weight is 300 g/mol. The van der Waals surface area contributed by atoms with Gasteiger partial charge in [0, 0.05) is 0 Å². The van der Waals surface area contributed by atoms with Gasteiger partial charge in [-0.15, -0.1) is 0 Å². The molecule has 0 saturated carbocycles. The fourth-order valence-corrected chi connectivity index (χ4v) is 2.31. The summed E-state index contributed by atoms with van der Waals surface area (Å²) in [5.41, 5.74) is 0. The van der Waals surface area contributed by atoms with Gasteiger partial charge in [0.05, 0.1) is 6.26 Å². The monoisotopic (exact) mass is 300 g/mol. The van der Waals surface area contributed by atoms with Crippen LogP contribution in [0.1, 0.15) is 76.9 Å². The second-order valence-electron chi connectivity index (χ2n) is 5.73. The largest absolute Gasteiger partial charge is 0.465 e. The molecule has 1 aromatic heterocycles. The Bertz CT molecular complexity index is 409. The Morgan fingerprint density at radius 1 is 0.818 bits per heavy atom. The summed E-state index contributed by atoms with van der Waals surface area (Å²) in [7, 11) is 0. The normalized spacial score (nSPS) is 12.2. The molecule has 1 heterocycles. The fraction of sp³-hybridized carbons (Fsp3) is 0.524. The summed E-state index contributed by atoms with van der Waals surface area (Å²) < 4.78 is 5.25. The van der Waals surface area contributed by atoms with Gasteiger partial charge in [0.2, 0.25) is 0 Å². The van der Waals surface area contributed by atoms with Gasteiger partial charge in [-0.1, -0.05) is 56.6 Å². The van der Waals surface area contributed by atoms with Gasteiger partial charge in [-0.25, -0.2) is 0 Å². The molecular formula is C21H32O. The van der Waals surface area contributed by atoms with Crippen LogP contribution >= 0.6 is 0 Å². The van der Waals surface area contributed by atoms with Crippen LogP contribution in [0.15, 0.2) is 53.2 Å². The SMILES string of the molecule is CCCCC/C=C\C/C=C\CCCCC/C=C/c1ccco1. The van der Waals surface area contributed by atoms with Crippen molar-refractivity contribution in [3.05, 3.63) is 54.5 Å².